The maximum Gasteiger partial charge on any atom is 0.295 e. The first kappa shape index (κ1) is 22.6. The molecule has 5 heteroatoms. The maximum absolute atomic E-state index is 13.0. The van der Waals surface area contributed by atoms with Crippen LogP contribution in [0.5, 0.6) is 5.75 Å². The number of Topliss-reactive ketones (excluding diaryl/α,β-unsaturated/α-hetero) is 1. The highest BCUT2D eigenvalue weighted by Gasteiger charge is 2.45. The van der Waals surface area contributed by atoms with Crippen LogP contribution >= 0.6 is 0 Å². The highest BCUT2D eigenvalue weighted by Crippen LogP contribution is 2.40. The number of hydrogen-bond donors (Lipinski definition) is 1. The van der Waals surface area contributed by atoms with Gasteiger partial charge in [-0.2, -0.15) is 0 Å². The molecule has 1 atom stereocenters. The third-order valence-electron chi connectivity index (χ3n) is 5.48. The molecule has 0 aliphatic carbocycles. The SMILES string of the molecule is CCCCCN1C(=O)C(=O)/C(=C(\O)c2cccc(OCCC)c2)C1c1cccc(C)c1. The predicted molar refractivity (Wildman–Crippen MR) is 122 cm³/mol. The molecule has 5 nitrogen and oxygen atoms in total. The second-order valence-electron chi connectivity index (χ2n) is 7.99. The number of hydrogen-bond acceptors (Lipinski definition) is 4. The standard InChI is InChI=1S/C26H31NO4/c1-4-6-7-14-27-23(19-11-8-10-18(3)16-19)22(25(29)26(27)30)24(28)20-12-9-13-21(17-20)31-15-5-2/h8-13,16-17,23,28H,4-7,14-15H2,1-3H3/b24-22-. The van der Waals surface area contributed by atoms with Crippen LogP contribution in [0.3, 0.4) is 0 Å². The van der Waals surface area contributed by atoms with E-state index in [2.05, 4.69) is 6.92 Å². The summed E-state index contributed by atoms with van der Waals surface area (Å²) in [7, 11) is 0. The van der Waals surface area contributed by atoms with Crippen LogP contribution in [0.15, 0.2) is 54.1 Å². The number of aryl methyl sites for hydroxylation is 1. The Kier molecular flexibility index (Phi) is 7.50. The van der Waals surface area contributed by atoms with Gasteiger partial charge in [-0.05, 0) is 37.5 Å². The van der Waals surface area contributed by atoms with Gasteiger partial charge in [-0.15, -0.1) is 0 Å². The largest absolute Gasteiger partial charge is 0.507 e. The van der Waals surface area contributed by atoms with Crippen molar-refractivity contribution >= 4 is 17.4 Å². The summed E-state index contributed by atoms with van der Waals surface area (Å²) < 4.78 is 5.67. The second kappa shape index (κ2) is 10.3. The number of rotatable bonds is 9. The van der Waals surface area contributed by atoms with E-state index in [0.29, 0.717) is 24.5 Å². The van der Waals surface area contributed by atoms with Gasteiger partial charge in [0.1, 0.15) is 11.5 Å². The van der Waals surface area contributed by atoms with Crippen LogP contribution < -0.4 is 4.74 Å². The minimum atomic E-state index is -0.639. The lowest BCUT2D eigenvalue weighted by Gasteiger charge is -2.25. The Balaban J connectivity index is 2.08. The van der Waals surface area contributed by atoms with Crippen LogP contribution in [0.1, 0.15) is 62.3 Å². The van der Waals surface area contributed by atoms with E-state index in [4.69, 9.17) is 4.74 Å². The Hall–Kier alpha value is -3.08. The number of ether oxygens (including phenoxy) is 1. The molecule has 164 valence electrons. The molecule has 1 aliphatic rings. The van der Waals surface area contributed by atoms with Gasteiger partial charge in [0.25, 0.3) is 11.7 Å². The summed E-state index contributed by atoms with van der Waals surface area (Å²) in [6, 6.07) is 14.2. The van der Waals surface area contributed by atoms with E-state index in [0.717, 1.165) is 36.8 Å². The first-order valence-corrected chi connectivity index (χ1v) is 11.1. The molecule has 1 amide bonds. The lowest BCUT2D eigenvalue weighted by molar-refractivity contribution is -0.139. The fraction of sp³-hybridized carbons (Fsp3) is 0.385. The number of carbonyl (C=O) groups is 2. The van der Waals surface area contributed by atoms with E-state index in [1.54, 1.807) is 23.1 Å². The summed E-state index contributed by atoms with van der Waals surface area (Å²) in [6.45, 7) is 7.13. The van der Waals surface area contributed by atoms with Crippen LogP contribution in [0.2, 0.25) is 0 Å². The first-order valence-electron chi connectivity index (χ1n) is 11.1. The van der Waals surface area contributed by atoms with Crippen molar-refractivity contribution in [2.45, 2.75) is 52.5 Å². The molecule has 1 N–H and O–H groups in total. The van der Waals surface area contributed by atoms with Crippen LogP contribution in [-0.2, 0) is 9.59 Å². The summed E-state index contributed by atoms with van der Waals surface area (Å²) >= 11 is 0. The minimum Gasteiger partial charge on any atom is -0.507 e. The Labute approximate surface area is 184 Å². The molecule has 1 saturated heterocycles. The number of aliphatic hydroxyl groups excluding tert-OH is 1. The molecule has 31 heavy (non-hydrogen) atoms. The quantitative estimate of drug-likeness (QED) is 0.255. The highest BCUT2D eigenvalue weighted by atomic mass is 16.5. The van der Waals surface area contributed by atoms with Crippen LogP contribution in [0, 0.1) is 6.92 Å². The molecule has 1 fully saturated rings. The van der Waals surface area contributed by atoms with E-state index >= 15 is 0 Å². The van der Waals surface area contributed by atoms with E-state index in [1.165, 1.54) is 0 Å². The number of likely N-dealkylation sites (tertiary alicyclic amines) is 1. The molecule has 2 aromatic rings. The topological polar surface area (TPSA) is 66.8 Å². The lowest BCUT2D eigenvalue weighted by Crippen LogP contribution is -2.30. The van der Waals surface area contributed by atoms with E-state index in [9.17, 15) is 14.7 Å². The summed E-state index contributed by atoms with van der Waals surface area (Å²) in [5, 5.41) is 11.2. The lowest BCUT2D eigenvalue weighted by atomic mass is 9.94. The average molecular weight is 422 g/mol. The van der Waals surface area contributed by atoms with Gasteiger partial charge in [0, 0.05) is 12.1 Å². The van der Waals surface area contributed by atoms with Crippen molar-refractivity contribution in [1.82, 2.24) is 4.90 Å². The molecule has 1 aliphatic heterocycles. The predicted octanol–water partition coefficient (Wildman–Crippen LogP) is 5.40. The zero-order valence-corrected chi connectivity index (χ0v) is 18.6. The summed E-state index contributed by atoms with van der Waals surface area (Å²) in [5.74, 6) is -0.733. The summed E-state index contributed by atoms with van der Waals surface area (Å²) in [4.78, 5) is 27.6. The van der Waals surface area contributed by atoms with E-state index < -0.39 is 17.7 Å². The number of aliphatic hydroxyl groups is 1. The number of nitrogens with zero attached hydrogens (tertiary/aromatic N) is 1. The molecular weight excluding hydrogens is 390 g/mol. The molecule has 2 aromatic carbocycles. The van der Waals surface area contributed by atoms with Crippen molar-refractivity contribution < 1.29 is 19.4 Å². The molecule has 0 spiro atoms. The van der Waals surface area contributed by atoms with Gasteiger partial charge < -0.3 is 14.7 Å². The Morgan fingerprint density at radius 3 is 2.52 bits per heavy atom. The Morgan fingerprint density at radius 2 is 1.81 bits per heavy atom. The van der Waals surface area contributed by atoms with Crippen molar-refractivity contribution in [3.8, 4) is 5.75 Å². The molecule has 0 aromatic heterocycles. The third-order valence-corrected chi connectivity index (χ3v) is 5.48. The molecular formula is C26H31NO4. The number of amides is 1. The van der Waals surface area contributed by atoms with E-state index in [-0.39, 0.29) is 11.3 Å². The number of benzene rings is 2. The molecule has 3 rings (SSSR count). The highest BCUT2D eigenvalue weighted by molar-refractivity contribution is 6.46. The van der Waals surface area contributed by atoms with Gasteiger partial charge in [-0.1, -0.05) is 68.7 Å². The van der Waals surface area contributed by atoms with Crippen molar-refractivity contribution in [2.75, 3.05) is 13.2 Å². The van der Waals surface area contributed by atoms with Gasteiger partial charge in [0.05, 0.1) is 18.2 Å². The fourth-order valence-corrected chi connectivity index (χ4v) is 3.94. The smallest absolute Gasteiger partial charge is 0.295 e. The second-order valence-corrected chi connectivity index (χ2v) is 7.99. The normalized spacial score (nSPS) is 17.9. The van der Waals surface area contributed by atoms with Crippen LogP contribution in [-0.4, -0.2) is 34.8 Å². The summed E-state index contributed by atoms with van der Waals surface area (Å²) in [5.41, 5.74) is 2.47. The van der Waals surface area contributed by atoms with Gasteiger partial charge in [0.2, 0.25) is 0 Å². The molecule has 0 bridgehead atoms. The zero-order valence-electron chi connectivity index (χ0n) is 18.6. The number of ketones is 1. The Bertz CT molecular complexity index is 979. The van der Waals surface area contributed by atoms with Crippen molar-refractivity contribution in [2.24, 2.45) is 0 Å². The van der Waals surface area contributed by atoms with Crippen LogP contribution in [0.25, 0.3) is 5.76 Å². The Morgan fingerprint density at radius 1 is 1.03 bits per heavy atom. The van der Waals surface area contributed by atoms with Gasteiger partial charge in [0.15, 0.2) is 0 Å². The monoisotopic (exact) mass is 421 g/mol. The molecule has 1 unspecified atom stereocenters. The summed E-state index contributed by atoms with van der Waals surface area (Å²) in [6.07, 6.45) is 3.67. The number of carbonyl (C=O) groups excluding carboxylic acids is 2. The average Bonchev–Trinajstić information content (AvgIpc) is 3.02. The van der Waals surface area contributed by atoms with Crippen LogP contribution in [0.4, 0.5) is 0 Å². The zero-order chi connectivity index (χ0) is 22.4. The number of unbranched alkanes of at least 4 members (excludes halogenated alkanes) is 2. The van der Waals surface area contributed by atoms with Gasteiger partial charge >= 0.3 is 0 Å². The van der Waals surface area contributed by atoms with Crippen molar-refractivity contribution in [3.05, 3.63) is 70.8 Å². The van der Waals surface area contributed by atoms with Gasteiger partial charge in [-0.25, -0.2) is 0 Å². The minimum absolute atomic E-state index is 0.139. The van der Waals surface area contributed by atoms with Crippen molar-refractivity contribution in [3.63, 3.8) is 0 Å². The third kappa shape index (κ3) is 4.98. The molecule has 1 heterocycles. The molecule has 0 radical (unpaired) electrons. The van der Waals surface area contributed by atoms with Gasteiger partial charge in [-0.3, -0.25) is 9.59 Å². The van der Waals surface area contributed by atoms with E-state index in [1.807, 2.05) is 44.2 Å². The first-order chi connectivity index (χ1) is 15.0. The maximum atomic E-state index is 13.0. The van der Waals surface area contributed by atoms with Crippen molar-refractivity contribution in [1.29, 1.82) is 0 Å². The fourth-order valence-electron chi connectivity index (χ4n) is 3.94. The molecule has 0 saturated carbocycles.